The van der Waals surface area contributed by atoms with Gasteiger partial charge in [0.25, 0.3) is 5.69 Å². The van der Waals surface area contributed by atoms with E-state index in [0.717, 1.165) is 5.56 Å². The van der Waals surface area contributed by atoms with E-state index >= 15 is 0 Å². The van der Waals surface area contributed by atoms with Crippen LogP contribution in [0.5, 0.6) is 0 Å². The number of aryl methyl sites for hydroxylation is 1. The molecule has 1 amide bonds. The van der Waals surface area contributed by atoms with E-state index in [1.807, 2.05) is 0 Å². The van der Waals surface area contributed by atoms with Crippen molar-refractivity contribution in [3.05, 3.63) is 63.7 Å². The summed E-state index contributed by atoms with van der Waals surface area (Å²) in [7, 11) is 0. The number of para-hydroxylation sites is 1. The van der Waals surface area contributed by atoms with Crippen LogP contribution in [0.3, 0.4) is 0 Å². The minimum Gasteiger partial charge on any atom is -0.376 e. The fourth-order valence-electron chi connectivity index (χ4n) is 2.21. The van der Waals surface area contributed by atoms with Crippen LogP contribution in [0.2, 0.25) is 0 Å². The Labute approximate surface area is 138 Å². The molecule has 0 aliphatic rings. The Kier molecular flexibility index (Phi) is 5.26. The van der Waals surface area contributed by atoms with Crippen LogP contribution in [-0.4, -0.2) is 23.2 Å². The molecule has 0 bridgehead atoms. The molecule has 0 heterocycles. The normalized spacial score (nSPS) is 10.1. The van der Waals surface area contributed by atoms with Gasteiger partial charge in [0.2, 0.25) is 5.91 Å². The van der Waals surface area contributed by atoms with E-state index < -0.39 is 10.8 Å². The minimum absolute atomic E-state index is 0.116. The van der Waals surface area contributed by atoms with Crippen LogP contribution in [0, 0.1) is 17.0 Å². The first-order valence-electron chi connectivity index (χ1n) is 7.27. The third-order valence-corrected chi connectivity index (χ3v) is 3.37. The number of hydrogen-bond acceptors (Lipinski definition) is 5. The average Bonchev–Trinajstić information content (AvgIpc) is 2.54. The average molecular weight is 327 g/mol. The second-order valence-electron chi connectivity index (χ2n) is 5.28. The molecule has 124 valence electrons. The number of Topliss-reactive ketones (excluding diaryl/α,β-unsaturated/α-hetero) is 1. The standard InChI is InChI=1S/C17H17N3O4/c1-11-7-8-15(16(9-11)20(23)24)19-17(22)10-18-14-6-4-3-5-13(14)12(2)21/h3-9,18H,10H2,1-2H3,(H,19,22). The molecule has 0 radical (unpaired) electrons. The van der Waals surface area contributed by atoms with Gasteiger partial charge in [-0.1, -0.05) is 18.2 Å². The number of benzene rings is 2. The van der Waals surface area contributed by atoms with Gasteiger partial charge in [-0.3, -0.25) is 19.7 Å². The topological polar surface area (TPSA) is 101 Å². The van der Waals surface area contributed by atoms with Crippen molar-refractivity contribution >= 4 is 28.8 Å². The summed E-state index contributed by atoms with van der Waals surface area (Å²) >= 11 is 0. The summed E-state index contributed by atoms with van der Waals surface area (Å²) in [5, 5.41) is 16.4. The van der Waals surface area contributed by atoms with E-state index in [2.05, 4.69) is 10.6 Å². The molecule has 0 aliphatic carbocycles. The van der Waals surface area contributed by atoms with Crippen molar-refractivity contribution in [1.82, 2.24) is 0 Å². The van der Waals surface area contributed by atoms with Crippen molar-refractivity contribution in [3.8, 4) is 0 Å². The monoisotopic (exact) mass is 327 g/mol. The third-order valence-electron chi connectivity index (χ3n) is 3.37. The van der Waals surface area contributed by atoms with Gasteiger partial charge in [-0.25, -0.2) is 0 Å². The van der Waals surface area contributed by atoms with Gasteiger partial charge < -0.3 is 10.6 Å². The van der Waals surface area contributed by atoms with Gasteiger partial charge in [-0.15, -0.1) is 0 Å². The number of nitro benzene ring substituents is 1. The molecule has 24 heavy (non-hydrogen) atoms. The van der Waals surface area contributed by atoms with Gasteiger partial charge in [0, 0.05) is 17.3 Å². The number of nitrogens with one attached hydrogen (secondary N) is 2. The maximum absolute atomic E-state index is 12.0. The smallest absolute Gasteiger partial charge is 0.293 e. The molecule has 2 aromatic carbocycles. The maximum atomic E-state index is 12.0. The van der Waals surface area contributed by atoms with Gasteiger partial charge in [-0.05, 0) is 37.6 Å². The van der Waals surface area contributed by atoms with E-state index in [9.17, 15) is 19.7 Å². The Morgan fingerprint density at radius 1 is 1.12 bits per heavy atom. The lowest BCUT2D eigenvalue weighted by Gasteiger charge is -2.11. The molecule has 0 saturated heterocycles. The van der Waals surface area contributed by atoms with Crippen molar-refractivity contribution in [2.45, 2.75) is 13.8 Å². The lowest BCUT2D eigenvalue weighted by Crippen LogP contribution is -2.23. The molecule has 2 N–H and O–H groups in total. The number of nitro groups is 1. The number of hydrogen-bond donors (Lipinski definition) is 2. The number of nitrogens with zero attached hydrogens (tertiary/aromatic N) is 1. The lowest BCUT2D eigenvalue weighted by molar-refractivity contribution is -0.384. The highest BCUT2D eigenvalue weighted by atomic mass is 16.6. The van der Waals surface area contributed by atoms with Crippen LogP contribution in [0.25, 0.3) is 0 Å². The number of anilines is 2. The van der Waals surface area contributed by atoms with Gasteiger partial charge >= 0.3 is 0 Å². The molecule has 7 heteroatoms. The SMILES string of the molecule is CC(=O)c1ccccc1NCC(=O)Nc1ccc(C)cc1[N+](=O)[O-]. The lowest BCUT2D eigenvalue weighted by atomic mass is 10.1. The van der Waals surface area contributed by atoms with Crippen LogP contribution in [0.15, 0.2) is 42.5 Å². The summed E-state index contributed by atoms with van der Waals surface area (Å²) < 4.78 is 0. The van der Waals surface area contributed by atoms with Crippen molar-refractivity contribution in [2.24, 2.45) is 0 Å². The Morgan fingerprint density at radius 3 is 2.50 bits per heavy atom. The first-order valence-corrected chi connectivity index (χ1v) is 7.27. The van der Waals surface area contributed by atoms with Crippen LogP contribution >= 0.6 is 0 Å². The highest BCUT2D eigenvalue weighted by Crippen LogP contribution is 2.25. The zero-order valence-electron chi connectivity index (χ0n) is 13.3. The van der Waals surface area contributed by atoms with Crippen LogP contribution < -0.4 is 10.6 Å². The predicted octanol–water partition coefficient (Wildman–Crippen LogP) is 3.16. The summed E-state index contributed by atoms with van der Waals surface area (Å²) in [6.45, 7) is 3.06. The van der Waals surface area contributed by atoms with Crippen molar-refractivity contribution in [3.63, 3.8) is 0 Å². The first-order chi connectivity index (χ1) is 11.4. The molecular weight excluding hydrogens is 310 g/mol. The van der Waals surface area contributed by atoms with Crippen LogP contribution in [0.1, 0.15) is 22.8 Å². The molecule has 7 nitrogen and oxygen atoms in total. The van der Waals surface area contributed by atoms with Gasteiger partial charge in [0.1, 0.15) is 5.69 Å². The molecule has 2 aromatic rings. The number of rotatable bonds is 6. The Morgan fingerprint density at radius 2 is 1.83 bits per heavy atom. The summed E-state index contributed by atoms with van der Waals surface area (Å²) in [5.74, 6) is -0.562. The summed E-state index contributed by atoms with van der Waals surface area (Å²) in [5.41, 5.74) is 1.73. The van der Waals surface area contributed by atoms with E-state index in [-0.39, 0.29) is 23.7 Å². The van der Waals surface area contributed by atoms with E-state index in [0.29, 0.717) is 11.3 Å². The highest BCUT2D eigenvalue weighted by molar-refractivity contribution is 6.01. The number of ketones is 1. The molecular formula is C17H17N3O4. The first kappa shape index (κ1) is 17.1. The molecule has 0 aliphatic heterocycles. The summed E-state index contributed by atoms with van der Waals surface area (Å²) in [6, 6.07) is 11.4. The Hall–Kier alpha value is -3.22. The second kappa shape index (κ2) is 7.36. The fourth-order valence-corrected chi connectivity index (χ4v) is 2.21. The number of carbonyl (C=O) groups is 2. The van der Waals surface area contributed by atoms with E-state index in [1.54, 1.807) is 37.3 Å². The number of carbonyl (C=O) groups excluding carboxylic acids is 2. The molecule has 0 aromatic heterocycles. The Bertz CT molecular complexity index is 802. The largest absolute Gasteiger partial charge is 0.376 e. The van der Waals surface area contributed by atoms with Gasteiger partial charge in [-0.2, -0.15) is 0 Å². The van der Waals surface area contributed by atoms with E-state index in [1.165, 1.54) is 19.1 Å². The highest BCUT2D eigenvalue weighted by Gasteiger charge is 2.16. The zero-order chi connectivity index (χ0) is 17.7. The summed E-state index contributed by atoms with van der Waals surface area (Å²) in [4.78, 5) is 34.1. The van der Waals surface area contributed by atoms with Crippen molar-refractivity contribution < 1.29 is 14.5 Å². The third kappa shape index (κ3) is 4.16. The minimum atomic E-state index is -0.541. The molecule has 0 atom stereocenters. The second-order valence-corrected chi connectivity index (χ2v) is 5.28. The molecule has 0 fully saturated rings. The molecule has 0 spiro atoms. The van der Waals surface area contributed by atoms with Gasteiger partial charge in [0.15, 0.2) is 5.78 Å². The van der Waals surface area contributed by atoms with Crippen molar-refractivity contribution in [1.29, 1.82) is 0 Å². The molecule has 0 saturated carbocycles. The zero-order valence-corrected chi connectivity index (χ0v) is 13.3. The van der Waals surface area contributed by atoms with Crippen LogP contribution in [0.4, 0.5) is 17.1 Å². The Balaban J connectivity index is 2.08. The number of amides is 1. The molecule has 0 unspecified atom stereocenters. The maximum Gasteiger partial charge on any atom is 0.293 e. The molecule has 2 rings (SSSR count). The van der Waals surface area contributed by atoms with E-state index in [4.69, 9.17) is 0 Å². The fraction of sp³-hybridized carbons (Fsp3) is 0.176. The van der Waals surface area contributed by atoms with Gasteiger partial charge in [0.05, 0.1) is 11.5 Å². The van der Waals surface area contributed by atoms with Crippen molar-refractivity contribution in [2.75, 3.05) is 17.2 Å². The predicted molar refractivity (Wildman–Crippen MR) is 91.4 cm³/mol. The summed E-state index contributed by atoms with van der Waals surface area (Å²) in [6.07, 6.45) is 0. The van der Waals surface area contributed by atoms with Crippen LogP contribution in [-0.2, 0) is 4.79 Å². The quantitative estimate of drug-likeness (QED) is 0.482.